The molecule has 0 fully saturated rings. The number of ether oxygens (including phenoxy) is 3. The Kier molecular flexibility index (Phi) is 9.12. The molecule has 7 heteroatoms. The number of carbonyl (C=O) groups excluding carboxylic acids is 1. The van der Waals surface area contributed by atoms with Crippen LogP contribution in [0.4, 0.5) is 0 Å². The van der Waals surface area contributed by atoms with E-state index in [1.807, 2.05) is 43.3 Å². The van der Waals surface area contributed by atoms with Crippen LogP contribution in [0.2, 0.25) is 0 Å². The lowest BCUT2D eigenvalue weighted by Gasteiger charge is -2.18. The lowest BCUT2D eigenvalue weighted by molar-refractivity contribution is -0.121. The van der Waals surface area contributed by atoms with E-state index in [-0.39, 0.29) is 18.4 Å². The van der Waals surface area contributed by atoms with Crippen molar-refractivity contribution in [3.05, 3.63) is 83.2 Å². The standard InChI is InChI=1S/C32H39N3O4/c1-21(2)25-14-12-22(3)18-29(25)39-17-9-16-35-27-11-8-7-10-26(27)34-32(35)23(4)33-31(36)20-24-13-15-28(37-5)30(19-24)38-6/h7-8,10-15,18-19,21,23H,9,16-17,20H2,1-6H3,(H,33,36). The Morgan fingerprint density at radius 2 is 1.72 bits per heavy atom. The Morgan fingerprint density at radius 1 is 0.949 bits per heavy atom. The molecule has 206 valence electrons. The fourth-order valence-corrected chi connectivity index (χ4v) is 4.84. The summed E-state index contributed by atoms with van der Waals surface area (Å²) in [5.74, 6) is 3.33. The van der Waals surface area contributed by atoms with E-state index in [4.69, 9.17) is 19.2 Å². The molecule has 4 aromatic rings. The first-order chi connectivity index (χ1) is 18.8. The zero-order valence-electron chi connectivity index (χ0n) is 23.8. The average Bonchev–Trinajstić information content (AvgIpc) is 3.29. The molecule has 1 unspecified atom stereocenters. The molecule has 0 bridgehead atoms. The third-order valence-electron chi connectivity index (χ3n) is 6.84. The van der Waals surface area contributed by atoms with Gasteiger partial charge in [-0.1, -0.05) is 44.2 Å². The first-order valence-electron chi connectivity index (χ1n) is 13.5. The van der Waals surface area contributed by atoms with Gasteiger partial charge in [0.25, 0.3) is 0 Å². The van der Waals surface area contributed by atoms with Crippen LogP contribution < -0.4 is 19.5 Å². The van der Waals surface area contributed by atoms with Gasteiger partial charge in [0.1, 0.15) is 11.6 Å². The summed E-state index contributed by atoms with van der Waals surface area (Å²) < 4.78 is 19.1. The van der Waals surface area contributed by atoms with Crippen molar-refractivity contribution >= 4 is 16.9 Å². The number of imidazole rings is 1. The average molecular weight is 530 g/mol. The third kappa shape index (κ3) is 6.72. The lowest BCUT2D eigenvalue weighted by Crippen LogP contribution is -2.30. The number of fused-ring (bicyclic) bond motifs is 1. The monoisotopic (exact) mass is 529 g/mol. The molecule has 0 saturated carbocycles. The van der Waals surface area contributed by atoms with E-state index >= 15 is 0 Å². The number of methoxy groups -OCH3 is 2. The van der Waals surface area contributed by atoms with Crippen LogP contribution in [0.25, 0.3) is 11.0 Å². The van der Waals surface area contributed by atoms with Crippen LogP contribution in [0.5, 0.6) is 17.2 Å². The van der Waals surface area contributed by atoms with Gasteiger partial charge >= 0.3 is 0 Å². The largest absolute Gasteiger partial charge is 0.493 e. The molecule has 1 heterocycles. The maximum atomic E-state index is 13.0. The van der Waals surface area contributed by atoms with Crippen molar-refractivity contribution in [1.82, 2.24) is 14.9 Å². The molecule has 0 saturated heterocycles. The zero-order valence-corrected chi connectivity index (χ0v) is 23.8. The molecular weight excluding hydrogens is 490 g/mol. The minimum atomic E-state index is -0.268. The SMILES string of the molecule is COc1ccc(CC(=O)NC(C)c2nc3ccccc3n2CCCOc2cc(C)ccc2C(C)C)cc1OC. The van der Waals surface area contributed by atoms with E-state index in [1.165, 1.54) is 11.1 Å². The smallest absolute Gasteiger partial charge is 0.224 e. The Hall–Kier alpha value is -4.00. The molecule has 0 radical (unpaired) electrons. The maximum Gasteiger partial charge on any atom is 0.224 e. The number of aromatic nitrogens is 2. The van der Waals surface area contributed by atoms with Gasteiger partial charge in [-0.15, -0.1) is 0 Å². The van der Waals surface area contributed by atoms with Gasteiger partial charge in [0.05, 0.1) is 44.3 Å². The minimum absolute atomic E-state index is 0.0858. The quantitative estimate of drug-likeness (QED) is 0.216. The van der Waals surface area contributed by atoms with Gasteiger partial charge in [0.15, 0.2) is 11.5 Å². The Balaban J connectivity index is 1.45. The van der Waals surface area contributed by atoms with Gasteiger partial charge in [0.2, 0.25) is 5.91 Å². The number of nitrogens with zero attached hydrogens (tertiary/aromatic N) is 2. The molecule has 0 aliphatic carbocycles. The summed E-state index contributed by atoms with van der Waals surface area (Å²) in [6.07, 6.45) is 1.04. The van der Waals surface area contributed by atoms with Crippen LogP contribution in [0.3, 0.4) is 0 Å². The molecule has 0 spiro atoms. The van der Waals surface area contributed by atoms with E-state index in [9.17, 15) is 4.79 Å². The van der Waals surface area contributed by atoms with Gasteiger partial charge in [0, 0.05) is 6.54 Å². The summed E-state index contributed by atoms with van der Waals surface area (Å²) in [7, 11) is 3.18. The highest BCUT2D eigenvalue weighted by molar-refractivity contribution is 5.80. The summed E-state index contributed by atoms with van der Waals surface area (Å²) in [6, 6.07) is 19.7. The van der Waals surface area contributed by atoms with E-state index in [0.717, 1.165) is 41.1 Å². The molecular formula is C32H39N3O4. The number of nitrogens with one attached hydrogen (secondary N) is 1. The highest BCUT2D eigenvalue weighted by Gasteiger charge is 2.19. The van der Waals surface area contributed by atoms with Crippen molar-refractivity contribution in [1.29, 1.82) is 0 Å². The number of rotatable bonds is 12. The predicted molar refractivity (Wildman–Crippen MR) is 155 cm³/mol. The van der Waals surface area contributed by atoms with Gasteiger partial charge < -0.3 is 24.1 Å². The van der Waals surface area contributed by atoms with Crippen LogP contribution in [0, 0.1) is 6.92 Å². The molecule has 1 amide bonds. The highest BCUT2D eigenvalue weighted by Crippen LogP contribution is 2.29. The van der Waals surface area contributed by atoms with Gasteiger partial charge in [-0.3, -0.25) is 4.79 Å². The second kappa shape index (κ2) is 12.7. The Bertz CT molecular complexity index is 1430. The number of carbonyl (C=O) groups is 1. The van der Waals surface area contributed by atoms with Crippen LogP contribution in [-0.2, 0) is 17.8 Å². The van der Waals surface area contributed by atoms with Gasteiger partial charge in [-0.25, -0.2) is 4.98 Å². The van der Waals surface area contributed by atoms with E-state index in [2.05, 4.69) is 54.9 Å². The fraction of sp³-hybridized carbons (Fsp3) is 0.375. The third-order valence-corrected chi connectivity index (χ3v) is 6.84. The van der Waals surface area contributed by atoms with Crippen molar-refractivity contribution in [3.8, 4) is 17.2 Å². The second-order valence-corrected chi connectivity index (χ2v) is 10.2. The topological polar surface area (TPSA) is 74.6 Å². The summed E-state index contributed by atoms with van der Waals surface area (Å²) >= 11 is 0. The molecule has 0 aliphatic heterocycles. The Labute approximate surface area is 231 Å². The number of hydrogen-bond donors (Lipinski definition) is 1. The minimum Gasteiger partial charge on any atom is -0.493 e. The normalized spacial score (nSPS) is 12.0. The molecule has 1 N–H and O–H groups in total. The highest BCUT2D eigenvalue weighted by atomic mass is 16.5. The van der Waals surface area contributed by atoms with E-state index < -0.39 is 0 Å². The number of amides is 1. The molecule has 7 nitrogen and oxygen atoms in total. The molecule has 4 rings (SSSR count). The lowest BCUT2D eigenvalue weighted by atomic mass is 10.0. The van der Waals surface area contributed by atoms with E-state index in [1.54, 1.807) is 14.2 Å². The maximum absolute atomic E-state index is 13.0. The summed E-state index contributed by atoms with van der Waals surface area (Å²) in [5, 5.41) is 3.13. The molecule has 0 aliphatic rings. The van der Waals surface area contributed by atoms with Crippen molar-refractivity contribution in [2.45, 2.75) is 59.0 Å². The van der Waals surface area contributed by atoms with Crippen molar-refractivity contribution < 1.29 is 19.0 Å². The van der Waals surface area contributed by atoms with Gasteiger partial charge in [-0.05, 0) is 73.2 Å². The van der Waals surface area contributed by atoms with Crippen molar-refractivity contribution in [3.63, 3.8) is 0 Å². The predicted octanol–water partition coefficient (Wildman–Crippen LogP) is 6.37. The first kappa shape index (κ1) is 28.0. The summed E-state index contributed by atoms with van der Waals surface area (Å²) in [5.41, 5.74) is 5.22. The van der Waals surface area contributed by atoms with Crippen LogP contribution in [-0.4, -0.2) is 36.3 Å². The molecule has 1 aromatic heterocycles. The fourth-order valence-electron chi connectivity index (χ4n) is 4.84. The Morgan fingerprint density at radius 3 is 2.46 bits per heavy atom. The van der Waals surface area contributed by atoms with Crippen LogP contribution in [0.1, 0.15) is 61.7 Å². The van der Waals surface area contributed by atoms with Crippen LogP contribution >= 0.6 is 0 Å². The summed E-state index contributed by atoms with van der Waals surface area (Å²) in [4.78, 5) is 17.8. The zero-order chi connectivity index (χ0) is 27.9. The number of hydrogen-bond acceptors (Lipinski definition) is 5. The summed E-state index contributed by atoms with van der Waals surface area (Å²) in [6.45, 7) is 9.75. The van der Waals surface area contributed by atoms with E-state index in [0.29, 0.717) is 24.0 Å². The van der Waals surface area contributed by atoms with Gasteiger partial charge in [-0.2, -0.15) is 0 Å². The molecule has 39 heavy (non-hydrogen) atoms. The number of para-hydroxylation sites is 2. The number of benzene rings is 3. The first-order valence-corrected chi connectivity index (χ1v) is 13.5. The molecule has 3 aromatic carbocycles. The molecule has 1 atom stereocenters. The van der Waals surface area contributed by atoms with Crippen LogP contribution in [0.15, 0.2) is 60.7 Å². The second-order valence-electron chi connectivity index (χ2n) is 10.2. The van der Waals surface area contributed by atoms with Crippen molar-refractivity contribution in [2.75, 3.05) is 20.8 Å². The number of aryl methyl sites for hydroxylation is 2. The van der Waals surface area contributed by atoms with Crippen molar-refractivity contribution in [2.24, 2.45) is 0 Å².